The maximum atomic E-state index is 11.5. The lowest BCUT2D eigenvalue weighted by molar-refractivity contribution is 0.333. The first kappa shape index (κ1) is 11.2. The van der Waals surface area contributed by atoms with Crippen molar-refractivity contribution in [2.24, 2.45) is 0 Å². The lowest BCUT2D eigenvalue weighted by atomic mass is 10.2. The van der Waals surface area contributed by atoms with Gasteiger partial charge in [0.15, 0.2) is 5.75 Å². The maximum Gasteiger partial charge on any atom is 0.272 e. The first-order chi connectivity index (χ1) is 7.75. The third-order valence-electron chi connectivity index (χ3n) is 3.05. The summed E-state index contributed by atoms with van der Waals surface area (Å²) in [5.41, 5.74) is -0.305. The van der Waals surface area contributed by atoms with Crippen LogP contribution in [0.15, 0.2) is 9.59 Å². The highest BCUT2D eigenvalue weighted by Gasteiger charge is 2.27. The van der Waals surface area contributed by atoms with Crippen LogP contribution in [-0.4, -0.2) is 19.7 Å². The highest BCUT2D eigenvalue weighted by molar-refractivity contribution is 5.63. The molecule has 1 aromatic carbocycles. The van der Waals surface area contributed by atoms with Crippen LogP contribution in [-0.2, 0) is 0 Å². The number of hydrogen-bond donors (Lipinski definition) is 0. The molecule has 0 atom stereocenters. The summed E-state index contributed by atoms with van der Waals surface area (Å²) < 4.78 is 5.23. The molecule has 0 aliphatic carbocycles. The molecule has 0 saturated carbocycles. The Kier molecular flexibility index (Phi) is 3.27. The van der Waals surface area contributed by atoms with Crippen LogP contribution in [0.25, 0.3) is 0 Å². The van der Waals surface area contributed by atoms with Crippen molar-refractivity contribution < 1.29 is 4.74 Å². The van der Waals surface area contributed by atoms with Gasteiger partial charge in [-0.25, -0.2) is 0 Å². The standard InChI is InChI=1S/C12H17NO3/c1-2-16-12-9(10(14)11(12)15)13-7-5-3-4-6-8-13/h2-8H2,1H3. The Morgan fingerprint density at radius 1 is 1.06 bits per heavy atom. The molecular weight excluding hydrogens is 206 g/mol. The lowest BCUT2D eigenvalue weighted by Crippen LogP contribution is -2.42. The van der Waals surface area contributed by atoms with Gasteiger partial charge in [-0.2, -0.15) is 0 Å². The van der Waals surface area contributed by atoms with E-state index in [9.17, 15) is 9.59 Å². The third-order valence-corrected chi connectivity index (χ3v) is 3.05. The summed E-state index contributed by atoms with van der Waals surface area (Å²) in [6.07, 6.45) is 4.58. The van der Waals surface area contributed by atoms with Gasteiger partial charge in [-0.3, -0.25) is 9.59 Å². The first-order valence-electron chi connectivity index (χ1n) is 5.96. The van der Waals surface area contributed by atoms with Crippen molar-refractivity contribution in [1.82, 2.24) is 0 Å². The molecule has 1 fully saturated rings. The van der Waals surface area contributed by atoms with E-state index in [0.717, 1.165) is 25.9 Å². The largest absolute Gasteiger partial charge is 0.488 e. The Labute approximate surface area is 94.5 Å². The predicted octanol–water partition coefficient (Wildman–Crippen LogP) is 1.06. The van der Waals surface area contributed by atoms with Gasteiger partial charge in [0.1, 0.15) is 5.69 Å². The highest BCUT2D eigenvalue weighted by atomic mass is 16.5. The Morgan fingerprint density at radius 3 is 2.25 bits per heavy atom. The van der Waals surface area contributed by atoms with E-state index in [2.05, 4.69) is 0 Å². The first-order valence-corrected chi connectivity index (χ1v) is 5.96. The molecule has 4 nitrogen and oxygen atoms in total. The fraction of sp³-hybridized carbons (Fsp3) is 0.667. The second kappa shape index (κ2) is 4.68. The van der Waals surface area contributed by atoms with E-state index in [-0.39, 0.29) is 11.2 Å². The monoisotopic (exact) mass is 223 g/mol. The number of anilines is 1. The lowest BCUT2D eigenvalue weighted by Gasteiger charge is -2.25. The summed E-state index contributed by atoms with van der Waals surface area (Å²) >= 11 is 0. The molecule has 0 bridgehead atoms. The molecule has 0 spiro atoms. The van der Waals surface area contributed by atoms with Crippen molar-refractivity contribution in [2.75, 3.05) is 24.6 Å². The fourth-order valence-electron chi connectivity index (χ4n) is 2.22. The summed E-state index contributed by atoms with van der Waals surface area (Å²) in [4.78, 5) is 24.9. The van der Waals surface area contributed by atoms with Crippen molar-refractivity contribution in [3.63, 3.8) is 0 Å². The van der Waals surface area contributed by atoms with Crippen LogP contribution >= 0.6 is 0 Å². The molecule has 4 heteroatoms. The molecule has 0 N–H and O–H groups in total. The van der Waals surface area contributed by atoms with Crippen LogP contribution in [0, 0.1) is 0 Å². The third kappa shape index (κ3) is 1.84. The van der Waals surface area contributed by atoms with Crippen LogP contribution in [0.4, 0.5) is 5.69 Å². The van der Waals surface area contributed by atoms with E-state index in [0.29, 0.717) is 12.3 Å². The van der Waals surface area contributed by atoms with Gasteiger partial charge in [0.2, 0.25) is 0 Å². The molecular formula is C12H17NO3. The molecule has 1 aliphatic rings. The molecule has 2 rings (SSSR count). The Morgan fingerprint density at radius 2 is 1.69 bits per heavy atom. The quantitative estimate of drug-likeness (QED) is 0.719. The average Bonchev–Trinajstić information content (AvgIpc) is 2.57. The Hall–Kier alpha value is -1.32. The van der Waals surface area contributed by atoms with E-state index in [1.54, 1.807) is 0 Å². The van der Waals surface area contributed by atoms with E-state index in [1.165, 1.54) is 12.8 Å². The summed E-state index contributed by atoms with van der Waals surface area (Å²) in [5, 5.41) is 0. The van der Waals surface area contributed by atoms with Gasteiger partial charge in [0.25, 0.3) is 10.9 Å². The van der Waals surface area contributed by atoms with Crippen molar-refractivity contribution in [2.45, 2.75) is 32.6 Å². The van der Waals surface area contributed by atoms with Crippen LogP contribution in [0.2, 0.25) is 0 Å². The second-order valence-corrected chi connectivity index (χ2v) is 4.17. The van der Waals surface area contributed by atoms with Gasteiger partial charge in [0, 0.05) is 13.1 Å². The molecule has 1 saturated heterocycles. The molecule has 1 aliphatic heterocycles. The van der Waals surface area contributed by atoms with Gasteiger partial charge in [0.05, 0.1) is 6.61 Å². The topological polar surface area (TPSA) is 46.6 Å². The van der Waals surface area contributed by atoms with Gasteiger partial charge >= 0.3 is 0 Å². The minimum absolute atomic E-state index is 0.286. The zero-order chi connectivity index (χ0) is 11.5. The zero-order valence-corrected chi connectivity index (χ0v) is 9.62. The molecule has 88 valence electrons. The molecule has 1 aromatic rings. The molecule has 0 aromatic heterocycles. The molecule has 0 radical (unpaired) electrons. The second-order valence-electron chi connectivity index (χ2n) is 4.17. The number of ether oxygens (including phenoxy) is 1. The van der Waals surface area contributed by atoms with Gasteiger partial charge in [-0.15, -0.1) is 0 Å². The fourth-order valence-corrected chi connectivity index (χ4v) is 2.22. The zero-order valence-electron chi connectivity index (χ0n) is 9.62. The minimum Gasteiger partial charge on any atom is -0.488 e. The van der Waals surface area contributed by atoms with E-state index < -0.39 is 5.43 Å². The summed E-state index contributed by atoms with van der Waals surface area (Å²) in [6.45, 7) is 3.99. The van der Waals surface area contributed by atoms with Gasteiger partial charge in [-0.1, -0.05) is 12.8 Å². The number of nitrogens with zero attached hydrogens (tertiary/aromatic N) is 1. The molecule has 1 heterocycles. The summed E-state index contributed by atoms with van der Waals surface area (Å²) in [6, 6.07) is 0. The van der Waals surface area contributed by atoms with E-state index in [1.807, 2.05) is 11.8 Å². The van der Waals surface area contributed by atoms with Crippen molar-refractivity contribution in [3.8, 4) is 5.75 Å². The summed E-state index contributed by atoms with van der Waals surface area (Å²) in [5.74, 6) is 0.286. The van der Waals surface area contributed by atoms with Crippen molar-refractivity contribution >= 4 is 5.69 Å². The SMILES string of the molecule is CCOc1c(N2CCCCCC2)c(=O)c1=O. The van der Waals surface area contributed by atoms with Crippen LogP contribution in [0.1, 0.15) is 32.6 Å². The van der Waals surface area contributed by atoms with Gasteiger partial charge < -0.3 is 9.64 Å². The maximum absolute atomic E-state index is 11.5. The Bertz CT molecular complexity index is 423. The summed E-state index contributed by atoms with van der Waals surface area (Å²) in [7, 11) is 0. The molecule has 0 amide bonds. The van der Waals surface area contributed by atoms with Crippen molar-refractivity contribution in [1.29, 1.82) is 0 Å². The van der Waals surface area contributed by atoms with Gasteiger partial charge in [-0.05, 0) is 19.8 Å². The smallest absolute Gasteiger partial charge is 0.272 e. The van der Waals surface area contributed by atoms with Crippen LogP contribution < -0.4 is 20.5 Å². The average molecular weight is 223 g/mol. The Balaban J connectivity index is 2.22. The van der Waals surface area contributed by atoms with Crippen molar-refractivity contribution in [3.05, 3.63) is 20.4 Å². The number of rotatable bonds is 3. The normalized spacial score (nSPS) is 17.4. The minimum atomic E-state index is -0.457. The number of hydrogen-bond acceptors (Lipinski definition) is 4. The highest BCUT2D eigenvalue weighted by Crippen LogP contribution is 2.25. The predicted molar refractivity (Wildman–Crippen MR) is 63.2 cm³/mol. The van der Waals surface area contributed by atoms with Crippen LogP contribution in [0.3, 0.4) is 0 Å². The van der Waals surface area contributed by atoms with E-state index >= 15 is 0 Å². The molecule has 16 heavy (non-hydrogen) atoms. The molecule has 0 unspecified atom stereocenters. The van der Waals surface area contributed by atoms with E-state index in [4.69, 9.17) is 4.74 Å². The van der Waals surface area contributed by atoms with Crippen LogP contribution in [0.5, 0.6) is 5.75 Å².